The molecule has 0 bridgehead atoms. The first-order chi connectivity index (χ1) is 39.5. The van der Waals surface area contributed by atoms with Crippen LogP contribution >= 0.6 is 0 Å². The summed E-state index contributed by atoms with van der Waals surface area (Å²) in [5.41, 5.74) is 0. The molecule has 0 aliphatic heterocycles. The molecule has 0 amide bonds. The van der Waals surface area contributed by atoms with Crippen molar-refractivity contribution in [2.24, 2.45) is 0 Å². The first-order valence-electron chi connectivity index (χ1n) is 36.3. The first-order valence-corrected chi connectivity index (χ1v) is 36.3. The molecule has 0 heterocycles. The molecule has 0 radical (unpaired) electrons. The minimum atomic E-state index is -0.766. The minimum Gasteiger partial charge on any atom is -0.462 e. The standard InChI is InChI=1S/C74H140O6/c1-4-7-10-13-16-19-22-25-27-29-31-32-33-34-35-36-37-38-39-40-41-42-44-45-47-49-52-55-58-61-64-67-73(76)79-70-71(69-78-72(75)66-63-60-57-54-51-24-21-18-15-12-9-6-3)80-74(77)68-65-62-59-56-53-50-48-46-43-30-28-26-23-20-17-14-11-8-5-2/h22,25,29,31,71H,4-21,23-24,26-28,30,32-70H2,1-3H3/b25-22-,31-29-. The number of rotatable bonds is 68. The van der Waals surface area contributed by atoms with Gasteiger partial charge in [0.1, 0.15) is 13.2 Å². The number of unbranched alkanes of at least 4 members (excludes halogenated alkanes) is 53. The summed E-state index contributed by atoms with van der Waals surface area (Å²) in [6, 6.07) is 0. The lowest BCUT2D eigenvalue weighted by Gasteiger charge is -2.18. The molecule has 0 aliphatic rings. The van der Waals surface area contributed by atoms with Gasteiger partial charge < -0.3 is 14.2 Å². The van der Waals surface area contributed by atoms with Crippen molar-refractivity contribution in [3.63, 3.8) is 0 Å². The van der Waals surface area contributed by atoms with E-state index in [9.17, 15) is 14.4 Å². The van der Waals surface area contributed by atoms with Crippen molar-refractivity contribution in [3.8, 4) is 0 Å². The maximum Gasteiger partial charge on any atom is 0.306 e. The molecule has 0 aromatic carbocycles. The Kier molecular flexibility index (Phi) is 67.6. The highest BCUT2D eigenvalue weighted by Crippen LogP contribution is 2.19. The summed E-state index contributed by atoms with van der Waals surface area (Å²) in [6.45, 7) is 6.71. The Balaban J connectivity index is 4.12. The molecular formula is C74H140O6. The van der Waals surface area contributed by atoms with Gasteiger partial charge in [-0.05, 0) is 51.4 Å². The molecule has 0 saturated heterocycles. The average molecular weight is 1130 g/mol. The highest BCUT2D eigenvalue weighted by molar-refractivity contribution is 5.71. The summed E-state index contributed by atoms with van der Waals surface area (Å²) in [4.78, 5) is 38.4. The second-order valence-corrected chi connectivity index (χ2v) is 24.9. The zero-order chi connectivity index (χ0) is 57.8. The summed E-state index contributed by atoms with van der Waals surface area (Å²) in [5.74, 6) is -0.828. The van der Waals surface area contributed by atoms with E-state index in [-0.39, 0.29) is 31.1 Å². The van der Waals surface area contributed by atoms with E-state index in [0.29, 0.717) is 19.3 Å². The predicted octanol–water partition coefficient (Wildman–Crippen LogP) is 25.0. The molecule has 0 saturated carbocycles. The van der Waals surface area contributed by atoms with Crippen LogP contribution in [0.4, 0.5) is 0 Å². The maximum atomic E-state index is 12.9. The van der Waals surface area contributed by atoms with Crippen LogP contribution in [0.25, 0.3) is 0 Å². The second-order valence-electron chi connectivity index (χ2n) is 24.9. The molecule has 1 unspecified atom stereocenters. The van der Waals surface area contributed by atoms with Crippen molar-refractivity contribution in [2.45, 2.75) is 419 Å². The Morgan fingerprint density at radius 3 is 0.688 bits per heavy atom. The van der Waals surface area contributed by atoms with Crippen molar-refractivity contribution < 1.29 is 28.6 Å². The van der Waals surface area contributed by atoms with Gasteiger partial charge >= 0.3 is 17.9 Å². The normalized spacial score (nSPS) is 12.1. The van der Waals surface area contributed by atoms with Crippen LogP contribution in [-0.2, 0) is 28.6 Å². The van der Waals surface area contributed by atoms with Crippen LogP contribution in [0, 0.1) is 0 Å². The molecule has 0 aromatic heterocycles. The number of esters is 3. The Bertz CT molecular complexity index is 1290. The van der Waals surface area contributed by atoms with Crippen molar-refractivity contribution in [1.29, 1.82) is 0 Å². The molecule has 1 atom stereocenters. The van der Waals surface area contributed by atoms with Gasteiger partial charge in [-0.3, -0.25) is 14.4 Å². The number of ether oxygens (including phenoxy) is 3. The molecule has 0 spiro atoms. The third-order valence-electron chi connectivity index (χ3n) is 16.7. The molecule has 6 heteroatoms. The maximum absolute atomic E-state index is 12.9. The topological polar surface area (TPSA) is 78.9 Å². The van der Waals surface area contributed by atoms with Crippen LogP contribution in [0.15, 0.2) is 24.3 Å². The van der Waals surface area contributed by atoms with E-state index in [0.717, 1.165) is 64.2 Å². The zero-order valence-electron chi connectivity index (χ0n) is 54.4. The molecule has 0 fully saturated rings. The quantitative estimate of drug-likeness (QED) is 0.0261. The number of carbonyl (C=O) groups is 3. The second kappa shape index (κ2) is 69.4. The Morgan fingerprint density at radius 1 is 0.250 bits per heavy atom. The van der Waals surface area contributed by atoms with Crippen LogP contribution in [0.5, 0.6) is 0 Å². The summed E-state index contributed by atoms with van der Waals surface area (Å²) in [5, 5.41) is 0. The van der Waals surface area contributed by atoms with Gasteiger partial charge in [0.05, 0.1) is 0 Å². The summed E-state index contributed by atoms with van der Waals surface area (Å²) in [6.07, 6.45) is 85.1. The molecule has 0 rings (SSSR count). The number of allylic oxidation sites excluding steroid dienone is 4. The van der Waals surface area contributed by atoms with Crippen LogP contribution in [-0.4, -0.2) is 37.2 Å². The van der Waals surface area contributed by atoms with E-state index in [1.54, 1.807) is 0 Å². The van der Waals surface area contributed by atoms with E-state index >= 15 is 0 Å². The van der Waals surface area contributed by atoms with Crippen molar-refractivity contribution in [3.05, 3.63) is 24.3 Å². The first kappa shape index (κ1) is 77.9. The monoisotopic (exact) mass is 1130 g/mol. The zero-order valence-corrected chi connectivity index (χ0v) is 54.4. The van der Waals surface area contributed by atoms with Gasteiger partial charge in [0.2, 0.25) is 0 Å². The van der Waals surface area contributed by atoms with Gasteiger partial charge in [-0.15, -0.1) is 0 Å². The highest BCUT2D eigenvalue weighted by atomic mass is 16.6. The molecular weight excluding hydrogens is 985 g/mol. The average Bonchev–Trinajstić information content (AvgIpc) is 3.46. The predicted molar refractivity (Wildman–Crippen MR) is 349 cm³/mol. The smallest absolute Gasteiger partial charge is 0.306 e. The molecule has 0 N–H and O–H groups in total. The number of hydrogen-bond acceptors (Lipinski definition) is 6. The van der Waals surface area contributed by atoms with Crippen LogP contribution in [0.1, 0.15) is 412 Å². The number of hydrogen-bond donors (Lipinski definition) is 0. The SMILES string of the molecule is CCCCCCC/C=C\C/C=C\CCCCCCCCCCCCCCCCCCCCCC(=O)OCC(COC(=O)CCCCCCCCCCCCCC)OC(=O)CCCCCCCCCCCCCCCCCCCCC. The Labute approximate surface area is 500 Å². The third-order valence-corrected chi connectivity index (χ3v) is 16.7. The van der Waals surface area contributed by atoms with Gasteiger partial charge in [-0.25, -0.2) is 0 Å². The highest BCUT2D eigenvalue weighted by Gasteiger charge is 2.19. The largest absolute Gasteiger partial charge is 0.462 e. The van der Waals surface area contributed by atoms with Crippen LogP contribution in [0.2, 0.25) is 0 Å². The molecule has 472 valence electrons. The molecule has 6 nitrogen and oxygen atoms in total. The lowest BCUT2D eigenvalue weighted by atomic mass is 10.0. The minimum absolute atomic E-state index is 0.0630. The summed E-state index contributed by atoms with van der Waals surface area (Å²) >= 11 is 0. The fourth-order valence-corrected chi connectivity index (χ4v) is 11.2. The molecule has 0 aliphatic carbocycles. The third kappa shape index (κ3) is 66.7. The van der Waals surface area contributed by atoms with Crippen LogP contribution in [0.3, 0.4) is 0 Å². The van der Waals surface area contributed by atoms with Crippen molar-refractivity contribution >= 4 is 17.9 Å². The van der Waals surface area contributed by atoms with Gasteiger partial charge in [0.15, 0.2) is 6.10 Å². The Hall–Kier alpha value is -2.11. The van der Waals surface area contributed by atoms with Gasteiger partial charge in [0.25, 0.3) is 0 Å². The van der Waals surface area contributed by atoms with Gasteiger partial charge in [-0.1, -0.05) is 366 Å². The van der Waals surface area contributed by atoms with E-state index in [1.165, 1.54) is 308 Å². The summed E-state index contributed by atoms with van der Waals surface area (Å²) < 4.78 is 17.0. The van der Waals surface area contributed by atoms with Crippen molar-refractivity contribution in [1.82, 2.24) is 0 Å². The van der Waals surface area contributed by atoms with E-state index in [4.69, 9.17) is 14.2 Å². The fourth-order valence-electron chi connectivity index (χ4n) is 11.2. The lowest BCUT2D eigenvalue weighted by Crippen LogP contribution is -2.30. The molecule has 80 heavy (non-hydrogen) atoms. The van der Waals surface area contributed by atoms with Crippen molar-refractivity contribution in [2.75, 3.05) is 13.2 Å². The van der Waals surface area contributed by atoms with Gasteiger partial charge in [0, 0.05) is 19.3 Å². The lowest BCUT2D eigenvalue weighted by molar-refractivity contribution is -0.167. The van der Waals surface area contributed by atoms with Gasteiger partial charge in [-0.2, -0.15) is 0 Å². The molecule has 0 aromatic rings. The fraction of sp³-hybridized carbons (Fsp3) is 0.905. The van der Waals surface area contributed by atoms with E-state index in [2.05, 4.69) is 45.1 Å². The Morgan fingerprint density at radius 2 is 0.450 bits per heavy atom. The van der Waals surface area contributed by atoms with E-state index < -0.39 is 6.10 Å². The summed E-state index contributed by atoms with van der Waals surface area (Å²) in [7, 11) is 0. The van der Waals surface area contributed by atoms with E-state index in [1.807, 2.05) is 0 Å². The number of carbonyl (C=O) groups excluding carboxylic acids is 3. The van der Waals surface area contributed by atoms with Crippen LogP contribution < -0.4 is 0 Å².